The van der Waals surface area contributed by atoms with Crippen LogP contribution in [-0.4, -0.2) is 136 Å². The summed E-state index contributed by atoms with van der Waals surface area (Å²) in [4.78, 5) is 42.3. The minimum absolute atomic E-state index is 0.0668. The van der Waals surface area contributed by atoms with Gasteiger partial charge in [-0.1, -0.05) is 41.0 Å². The van der Waals surface area contributed by atoms with Crippen LogP contribution >= 0.6 is 0 Å². The highest BCUT2D eigenvalue weighted by Crippen LogP contribution is 2.38. The van der Waals surface area contributed by atoms with Crippen LogP contribution in [0.25, 0.3) is 0 Å². The second-order valence-electron chi connectivity index (χ2n) is 16.3. The summed E-state index contributed by atoms with van der Waals surface area (Å²) in [7, 11) is 3.78. The smallest absolute Gasteiger partial charge is 0.311 e. The Morgan fingerprint density at radius 3 is 2.10 bits per heavy atom. The molecule has 52 heavy (non-hydrogen) atoms. The fourth-order valence-corrected chi connectivity index (χ4v) is 8.28. The summed E-state index contributed by atoms with van der Waals surface area (Å²) in [5.41, 5.74) is -1.95. The third-order valence-electron chi connectivity index (χ3n) is 11.5. The summed E-state index contributed by atoms with van der Waals surface area (Å²) in [6, 6.07) is -0.237. The summed E-state index contributed by atoms with van der Waals surface area (Å²) in [6.07, 6.45) is -9.00. The second kappa shape index (κ2) is 18.7. The lowest BCUT2D eigenvalue weighted by molar-refractivity contribution is -0.300. The van der Waals surface area contributed by atoms with Crippen molar-refractivity contribution < 1.29 is 63.2 Å². The van der Waals surface area contributed by atoms with E-state index >= 15 is 0 Å². The number of aliphatic hydroxyl groups excluding tert-OH is 3. The lowest BCUT2D eigenvalue weighted by atomic mass is 9.75. The van der Waals surface area contributed by atoms with Gasteiger partial charge in [-0.2, -0.15) is 0 Å². The number of ketones is 1. The van der Waals surface area contributed by atoms with Gasteiger partial charge in [-0.15, -0.1) is 0 Å². The number of hydrogen-bond donors (Lipinski definition) is 4. The Hall–Kier alpha value is -1.75. The van der Waals surface area contributed by atoms with E-state index in [1.165, 1.54) is 13.8 Å². The molecule has 0 aromatic rings. The summed E-state index contributed by atoms with van der Waals surface area (Å²) < 4.78 is 37.6. The molecule has 4 N–H and O–H groups in total. The molecule has 18 atom stereocenters. The Morgan fingerprint density at radius 2 is 1.54 bits per heavy atom. The Balaban J connectivity index is 2.16. The van der Waals surface area contributed by atoms with Gasteiger partial charge in [0.2, 0.25) is 0 Å². The quantitative estimate of drug-likeness (QED) is 0.265. The molecule has 0 bridgehead atoms. The lowest BCUT2D eigenvalue weighted by Crippen LogP contribution is -2.58. The van der Waals surface area contributed by atoms with Crippen LogP contribution < -0.4 is 0 Å². The van der Waals surface area contributed by atoms with Gasteiger partial charge in [0.15, 0.2) is 18.7 Å². The molecule has 0 saturated carbocycles. The average Bonchev–Trinajstić information content (AvgIpc) is 3.06. The van der Waals surface area contributed by atoms with Crippen LogP contribution in [0.2, 0.25) is 0 Å². The Morgan fingerprint density at radius 1 is 0.904 bits per heavy atom. The first-order valence-corrected chi connectivity index (χ1v) is 19.1. The van der Waals surface area contributed by atoms with Gasteiger partial charge in [-0.05, 0) is 67.0 Å². The molecule has 0 amide bonds. The molecule has 3 fully saturated rings. The van der Waals surface area contributed by atoms with Crippen LogP contribution in [-0.2, 0) is 42.8 Å². The van der Waals surface area contributed by atoms with Crippen molar-refractivity contribution >= 4 is 17.7 Å². The molecule has 3 aliphatic rings. The monoisotopic (exact) mass is 745 g/mol. The number of carbonyl (C=O) groups excluding carboxylic acids is 3. The summed E-state index contributed by atoms with van der Waals surface area (Å²) in [5, 5.41) is 44.1. The molecule has 3 aliphatic heterocycles. The van der Waals surface area contributed by atoms with Gasteiger partial charge < -0.3 is 53.7 Å². The van der Waals surface area contributed by atoms with Crippen LogP contribution in [0.15, 0.2) is 0 Å². The maximum Gasteiger partial charge on any atom is 0.311 e. The zero-order chi connectivity index (χ0) is 39.4. The molecule has 14 heteroatoms. The molecular formula is C38H67NO13. The second-order valence-corrected chi connectivity index (χ2v) is 16.3. The predicted molar refractivity (Wildman–Crippen MR) is 190 cm³/mol. The summed E-state index contributed by atoms with van der Waals surface area (Å²) in [6.45, 7) is 16.9. The number of ether oxygens (including phenoxy) is 6. The van der Waals surface area contributed by atoms with Crippen molar-refractivity contribution in [3.63, 3.8) is 0 Å². The molecule has 14 nitrogen and oxygen atoms in total. The summed E-state index contributed by atoms with van der Waals surface area (Å²) in [5.74, 6) is -5.05. The first-order chi connectivity index (χ1) is 24.1. The topological polar surface area (TPSA) is 191 Å². The predicted octanol–water partition coefficient (Wildman–Crippen LogP) is 2.59. The number of esters is 2. The van der Waals surface area contributed by atoms with E-state index in [1.54, 1.807) is 27.7 Å². The van der Waals surface area contributed by atoms with Crippen LogP contribution in [0.1, 0.15) is 101 Å². The largest absolute Gasteiger partial charge is 0.459 e. The number of likely N-dealkylation sites (N-methyl/N-ethyl adjacent to an activating group) is 1. The number of Topliss-reactive ketones (excluding diaryl/α,β-unsaturated/α-hetero) is 1. The number of hydrogen-bond acceptors (Lipinski definition) is 14. The molecule has 0 spiro atoms. The molecule has 302 valence electrons. The fraction of sp³-hybridized carbons (Fsp3) is 0.921. The SMILES string of the molecule is CCC[C@H]1OC(=O)[C@H](C)[C@@H](O[C@H]2CC(O)[C@@H](O)C(C)O2)[C@H](C)[C@@H](O[C@@H]2OC(C)CC(N(C)C)C2OC(C)=O)[C@@H](C)C[C@@H](C)C(=O)[C@H](C)[C@@H](O)[C@]1(C)O. The highest BCUT2D eigenvalue weighted by molar-refractivity contribution is 5.83. The maximum atomic E-state index is 14.1. The molecule has 3 heterocycles. The molecule has 3 rings (SSSR count). The van der Waals surface area contributed by atoms with E-state index in [2.05, 4.69) is 0 Å². The molecule has 5 unspecified atom stereocenters. The van der Waals surface area contributed by atoms with E-state index in [-0.39, 0.29) is 36.7 Å². The van der Waals surface area contributed by atoms with Crippen molar-refractivity contribution in [1.82, 2.24) is 4.90 Å². The molecule has 0 radical (unpaired) electrons. The number of rotatable bonds is 8. The van der Waals surface area contributed by atoms with Crippen LogP contribution in [0, 0.1) is 29.6 Å². The van der Waals surface area contributed by atoms with Crippen LogP contribution in [0.3, 0.4) is 0 Å². The van der Waals surface area contributed by atoms with Crippen molar-refractivity contribution in [2.45, 2.75) is 181 Å². The number of nitrogens with zero attached hydrogens (tertiary/aromatic N) is 1. The van der Waals surface area contributed by atoms with Crippen molar-refractivity contribution in [1.29, 1.82) is 0 Å². The minimum Gasteiger partial charge on any atom is -0.459 e. The molecule has 0 aromatic heterocycles. The Bertz CT molecular complexity index is 1170. The Kier molecular flexibility index (Phi) is 16.1. The van der Waals surface area contributed by atoms with E-state index in [9.17, 15) is 34.8 Å². The standard InChI is InChI=1S/C38H67NO13/c1-13-14-28-38(10,46)35(44)21(5)30(42)18(2)15-19(3)32(52-37-34(49-25(9)40)26(39(11)12)16-20(4)47-37)22(6)33(23(7)36(45)50-28)51-29-17-27(41)31(43)24(8)48-29/h18-24,26-29,31-35,37,41,43-44,46H,13-17H2,1-12H3/t18-,19+,20?,21+,22-,23-,24?,26?,27?,28-,29+,31+,32+,33+,34?,35-,37+,38-/m1/s1. The summed E-state index contributed by atoms with van der Waals surface area (Å²) >= 11 is 0. The highest BCUT2D eigenvalue weighted by Gasteiger charge is 2.50. The van der Waals surface area contributed by atoms with Crippen molar-refractivity contribution in [3.05, 3.63) is 0 Å². The van der Waals surface area contributed by atoms with E-state index in [0.29, 0.717) is 19.3 Å². The lowest BCUT2D eigenvalue weighted by Gasteiger charge is -2.47. The Labute approximate surface area is 309 Å². The van der Waals surface area contributed by atoms with Gasteiger partial charge in [0, 0.05) is 31.1 Å². The minimum atomic E-state index is -1.95. The first kappa shape index (κ1) is 44.6. The average molecular weight is 746 g/mol. The van der Waals surface area contributed by atoms with E-state index in [0.717, 1.165) is 0 Å². The third-order valence-corrected chi connectivity index (χ3v) is 11.5. The maximum absolute atomic E-state index is 14.1. The molecule has 0 aromatic carbocycles. The van der Waals surface area contributed by atoms with Crippen LogP contribution in [0.5, 0.6) is 0 Å². The van der Waals surface area contributed by atoms with Crippen molar-refractivity contribution in [2.24, 2.45) is 29.6 Å². The van der Waals surface area contributed by atoms with Gasteiger partial charge in [-0.3, -0.25) is 14.4 Å². The third kappa shape index (κ3) is 10.5. The van der Waals surface area contributed by atoms with Crippen LogP contribution in [0.4, 0.5) is 0 Å². The number of cyclic esters (lactones) is 1. The van der Waals surface area contributed by atoms with Gasteiger partial charge in [0.25, 0.3) is 0 Å². The number of aliphatic hydroxyl groups is 4. The zero-order valence-electron chi connectivity index (χ0n) is 33.3. The van der Waals surface area contributed by atoms with Crippen molar-refractivity contribution in [3.8, 4) is 0 Å². The van der Waals surface area contributed by atoms with E-state index < -0.39 is 103 Å². The molecule has 3 saturated heterocycles. The van der Waals surface area contributed by atoms with E-state index in [1.807, 2.05) is 46.7 Å². The van der Waals surface area contributed by atoms with Crippen molar-refractivity contribution in [2.75, 3.05) is 14.1 Å². The van der Waals surface area contributed by atoms with Gasteiger partial charge in [-0.25, -0.2) is 0 Å². The molecular weight excluding hydrogens is 678 g/mol. The van der Waals surface area contributed by atoms with Gasteiger partial charge in [0.05, 0.1) is 48.6 Å². The first-order valence-electron chi connectivity index (χ1n) is 19.1. The fourth-order valence-electron chi connectivity index (χ4n) is 8.28. The van der Waals surface area contributed by atoms with Gasteiger partial charge >= 0.3 is 11.9 Å². The zero-order valence-corrected chi connectivity index (χ0v) is 33.3. The highest BCUT2D eigenvalue weighted by atomic mass is 16.7. The normalized spacial score (nSPS) is 46.0. The molecule has 0 aliphatic carbocycles. The number of carbonyl (C=O) groups is 3. The van der Waals surface area contributed by atoms with E-state index in [4.69, 9.17) is 28.4 Å². The van der Waals surface area contributed by atoms with Gasteiger partial charge in [0.1, 0.15) is 23.6 Å².